The van der Waals surface area contributed by atoms with Gasteiger partial charge >= 0.3 is 0 Å². The zero-order valence-electron chi connectivity index (χ0n) is 20.1. The smallest absolute Gasteiger partial charge is 0.239 e. The monoisotopic (exact) mass is 479 g/mol. The maximum atomic E-state index is 13.3. The van der Waals surface area contributed by atoms with Crippen molar-refractivity contribution >= 4 is 17.7 Å². The quantitative estimate of drug-likeness (QED) is 0.703. The highest BCUT2D eigenvalue weighted by Gasteiger charge is 2.43. The minimum absolute atomic E-state index is 0.0476. The second-order valence-electron chi connectivity index (χ2n) is 10.0. The normalized spacial score (nSPS) is 25.0. The van der Waals surface area contributed by atoms with Crippen molar-refractivity contribution in [2.45, 2.75) is 38.3 Å². The summed E-state index contributed by atoms with van der Waals surface area (Å²) in [5, 5.41) is 7.51. The molecule has 9 heteroatoms. The molecule has 0 unspecified atom stereocenters. The van der Waals surface area contributed by atoms with Gasteiger partial charge in [0.05, 0.1) is 18.4 Å². The Balaban J connectivity index is 1.20. The lowest BCUT2D eigenvalue weighted by molar-refractivity contribution is -0.141. The summed E-state index contributed by atoms with van der Waals surface area (Å²) in [5.74, 6) is -0.165. The molecule has 1 aliphatic carbocycles. The number of nitrogens with one attached hydrogen (secondary N) is 1. The fourth-order valence-electron chi connectivity index (χ4n) is 5.68. The average molecular weight is 480 g/mol. The number of hydrogen-bond donors (Lipinski definition) is 1. The maximum absolute atomic E-state index is 13.3. The molecule has 35 heavy (non-hydrogen) atoms. The summed E-state index contributed by atoms with van der Waals surface area (Å²) in [7, 11) is 1.82. The first-order valence-electron chi connectivity index (χ1n) is 12.5. The molecule has 2 aromatic rings. The van der Waals surface area contributed by atoms with Gasteiger partial charge in [-0.2, -0.15) is 5.10 Å². The summed E-state index contributed by atoms with van der Waals surface area (Å²) in [6.07, 6.45) is 6.43. The fourth-order valence-corrected chi connectivity index (χ4v) is 5.68. The second-order valence-corrected chi connectivity index (χ2v) is 10.0. The number of ether oxygens (including phenoxy) is 1. The Morgan fingerprint density at radius 3 is 2.69 bits per heavy atom. The van der Waals surface area contributed by atoms with Crippen molar-refractivity contribution in [1.29, 1.82) is 0 Å². The molecule has 0 radical (unpaired) electrons. The van der Waals surface area contributed by atoms with Crippen molar-refractivity contribution in [1.82, 2.24) is 24.9 Å². The maximum Gasteiger partial charge on any atom is 0.239 e. The third-order valence-corrected chi connectivity index (χ3v) is 7.51. The van der Waals surface area contributed by atoms with E-state index in [2.05, 4.69) is 10.4 Å². The molecule has 186 valence electrons. The molecule has 2 saturated heterocycles. The number of rotatable bonds is 5. The highest BCUT2D eigenvalue weighted by Crippen LogP contribution is 2.35. The van der Waals surface area contributed by atoms with E-state index < -0.39 is 0 Å². The Kier molecular flexibility index (Phi) is 6.86. The molecule has 1 aromatic heterocycles. The van der Waals surface area contributed by atoms with Crippen LogP contribution in [0.25, 0.3) is 5.69 Å². The van der Waals surface area contributed by atoms with Crippen molar-refractivity contribution in [2.24, 2.45) is 17.8 Å². The summed E-state index contributed by atoms with van der Waals surface area (Å²) in [6.45, 7) is 2.29. The zero-order valence-corrected chi connectivity index (χ0v) is 20.1. The summed E-state index contributed by atoms with van der Waals surface area (Å²) >= 11 is 0. The molecular weight excluding hydrogens is 446 g/mol. The van der Waals surface area contributed by atoms with Crippen LogP contribution in [0.2, 0.25) is 0 Å². The van der Waals surface area contributed by atoms with Gasteiger partial charge in [-0.3, -0.25) is 14.4 Å². The van der Waals surface area contributed by atoms with E-state index >= 15 is 0 Å². The number of aromatic nitrogens is 2. The van der Waals surface area contributed by atoms with E-state index in [-0.39, 0.29) is 48.1 Å². The molecule has 0 bridgehead atoms. The van der Waals surface area contributed by atoms with Crippen molar-refractivity contribution in [2.75, 3.05) is 33.4 Å². The Morgan fingerprint density at radius 1 is 1.14 bits per heavy atom. The van der Waals surface area contributed by atoms with Crippen molar-refractivity contribution < 1.29 is 19.1 Å². The lowest BCUT2D eigenvalue weighted by atomic mass is 9.97. The van der Waals surface area contributed by atoms with Crippen LogP contribution < -0.4 is 5.32 Å². The Labute approximate surface area is 205 Å². The van der Waals surface area contributed by atoms with Gasteiger partial charge in [-0.15, -0.1) is 0 Å². The van der Waals surface area contributed by atoms with E-state index in [0.29, 0.717) is 52.0 Å². The summed E-state index contributed by atoms with van der Waals surface area (Å²) in [5.41, 5.74) is 1.93. The molecule has 1 saturated carbocycles. The van der Waals surface area contributed by atoms with Gasteiger partial charge in [0.1, 0.15) is 0 Å². The predicted molar refractivity (Wildman–Crippen MR) is 128 cm³/mol. The van der Waals surface area contributed by atoms with E-state index in [1.165, 1.54) is 0 Å². The summed E-state index contributed by atoms with van der Waals surface area (Å²) in [4.78, 5) is 42.4. The molecular formula is C26H33N5O4. The van der Waals surface area contributed by atoms with Gasteiger partial charge in [-0.05, 0) is 43.7 Å². The van der Waals surface area contributed by atoms with Crippen LogP contribution in [0.15, 0.2) is 42.7 Å². The Bertz CT molecular complexity index is 1060. The van der Waals surface area contributed by atoms with Crippen LogP contribution in [0.5, 0.6) is 0 Å². The van der Waals surface area contributed by atoms with E-state index in [1.54, 1.807) is 20.7 Å². The third-order valence-electron chi connectivity index (χ3n) is 7.51. The largest absolute Gasteiger partial charge is 0.381 e. The highest BCUT2D eigenvalue weighted by molar-refractivity contribution is 5.87. The molecule has 1 aromatic carbocycles. The third kappa shape index (κ3) is 5.24. The van der Waals surface area contributed by atoms with Crippen LogP contribution in [-0.2, 0) is 25.7 Å². The number of amides is 3. The average Bonchev–Trinajstić information content (AvgIpc) is 3.47. The molecule has 9 nitrogen and oxygen atoms in total. The van der Waals surface area contributed by atoms with Crippen LogP contribution in [0.1, 0.15) is 31.2 Å². The first-order chi connectivity index (χ1) is 17.0. The minimum Gasteiger partial charge on any atom is -0.381 e. The number of fused-ring (bicyclic) bond motifs is 1. The van der Waals surface area contributed by atoms with Crippen molar-refractivity contribution in [3.63, 3.8) is 0 Å². The molecule has 5 rings (SSSR count). The van der Waals surface area contributed by atoms with Gasteiger partial charge in [-0.1, -0.05) is 18.2 Å². The molecule has 3 fully saturated rings. The van der Waals surface area contributed by atoms with Gasteiger partial charge in [-0.25, -0.2) is 4.68 Å². The second kappa shape index (κ2) is 10.2. The number of hydrogen-bond acceptors (Lipinski definition) is 5. The van der Waals surface area contributed by atoms with E-state index in [9.17, 15) is 14.4 Å². The van der Waals surface area contributed by atoms with Crippen molar-refractivity contribution in [3.05, 3.63) is 48.3 Å². The molecule has 3 heterocycles. The lowest BCUT2D eigenvalue weighted by Gasteiger charge is -2.29. The number of para-hydroxylation sites is 1. The number of benzene rings is 1. The lowest BCUT2D eigenvalue weighted by Crippen LogP contribution is -2.43. The topological polar surface area (TPSA) is 96.8 Å². The molecule has 3 atom stereocenters. The standard InChI is InChI=1S/C26H33N5O4/c1-29(14-18-13-27-31(15-18)22-5-3-2-4-6-22)25(33)20-11-21-16-30(17-24(32)28-23(21)12-20)26(34)19-7-9-35-10-8-19/h2-6,13,15,19-21,23H,7-12,14,16-17H2,1H3,(H,28,32)/t20-,21+,23+/m0/s1. The summed E-state index contributed by atoms with van der Waals surface area (Å²) < 4.78 is 7.19. The fraction of sp³-hybridized carbons (Fsp3) is 0.538. The van der Waals surface area contributed by atoms with E-state index in [0.717, 1.165) is 11.3 Å². The van der Waals surface area contributed by atoms with Gasteiger partial charge in [0.2, 0.25) is 17.7 Å². The highest BCUT2D eigenvalue weighted by atomic mass is 16.5. The van der Waals surface area contributed by atoms with Crippen LogP contribution in [-0.4, -0.2) is 76.7 Å². The predicted octanol–water partition coefficient (Wildman–Crippen LogP) is 1.61. The molecule has 0 spiro atoms. The van der Waals surface area contributed by atoms with Gasteiger partial charge in [0, 0.05) is 63.0 Å². The number of carbonyl (C=O) groups excluding carboxylic acids is 3. The number of nitrogens with zero attached hydrogens (tertiary/aromatic N) is 4. The SMILES string of the molecule is CN(Cc1cnn(-c2ccccc2)c1)C(=O)[C@H]1C[C@@H]2CN(C(=O)C3CCOCC3)CC(=O)N[C@@H]2C1. The van der Waals surface area contributed by atoms with Gasteiger partial charge in [0.25, 0.3) is 0 Å². The van der Waals surface area contributed by atoms with Gasteiger partial charge < -0.3 is 19.9 Å². The first-order valence-corrected chi connectivity index (χ1v) is 12.5. The van der Waals surface area contributed by atoms with Crippen LogP contribution in [0.4, 0.5) is 0 Å². The molecule has 3 aliphatic rings. The Hall–Kier alpha value is -3.20. The minimum atomic E-state index is -0.169. The molecule has 3 amide bonds. The number of carbonyl (C=O) groups is 3. The zero-order chi connectivity index (χ0) is 24.4. The summed E-state index contributed by atoms with van der Waals surface area (Å²) in [6, 6.07) is 9.79. The molecule has 1 N–H and O–H groups in total. The van der Waals surface area contributed by atoms with E-state index in [1.807, 2.05) is 43.6 Å². The van der Waals surface area contributed by atoms with Crippen molar-refractivity contribution in [3.8, 4) is 5.69 Å². The Morgan fingerprint density at radius 2 is 1.91 bits per heavy atom. The van der Waals surface area contributed by atoms with Crippen LogP contribution >= 0.6 is 0 Å². The van der Waals surface area contributed by atoms with Crippen LogP contribution in [0.3, 0.4) is 0 Å². The van der Waals surface area contributed by atoms with E-state index in [4.69, 9.17) is 4.74 Å². The molecule has 2 aliphatic heterocycles. The first kappa shape index (κ1) is 23.5. The van der Waals surface area contributed by atoms with Gasteiger partial charge in [0.15, 0.2) is 0 Å². The van der Waals surface area contributed by atoms with Crippen LogP contribution in [0, 0.1) is 17.8 Å².